The second kappa shape index (κ2) is 5.49. The van der Waals surface area contributed by atoms with Gasteiger partial charge in [0.2, 0.25) is 0 Å². The summed E-state index contributed by atoms with van der Waals surface area (Å²) in [5, 5.41) is 10.7. The summed E-state index contributed by atoms with van der Waals surface area (Å²) in [5.74, 6) is -0.253. The molecule has 0 aliphatic heterocycles. The molecule has 1 heterocycles. The third-order valence-electron chi connectivity index (χ3n) is 4.26. The monoisotopic (exact) mass is 291 g/mol. The molecule has 4 heteroatoms. The molecule has 1 aromatic carbocycles. The van der Waals surface area contributed by atoms with E-state index in [0.717, 1.165) is 17.4 Å². The Morgan fingerprint density at radius 3 is 2.75 bits per heavy atom. The molecule has 0 saturated heterocycles. The number of aromatic nitrogens is 1. The topological polar surface area (TPSA) is 42.2 Å². The smallest absolute Gasteiger partial charge is 0.337 e. The zero-order chi connectivity index (χ0) is 14.1. The molecule has 0 atom stereocenters. The molecule has 3 rings (SSSR count). The summed E-state index contributed by atoms with van der Waals surface area (Å²) in [6.07, 6.45) is 8.09. The number of hydrogen-bond acceptors (Lipinski definition) is 1. The first-order valence-electron chi connectivity index (χ1n) is 7.17. The van der Waals surface area contributed by atoms with Crippen molar-refractivity contribution in [2.24, 2.45) is 5.92 Å². The molecule has 20 heavy (non-hydrogen) atoms. The molecule has 106 valence electrons. The number of nitrogens with zero attached hydrogens (tertiary/aromatic N) is 1. The lowest BCUT2D eigenvalue weighted by molar-refractivity contribution is 0.0698. The summed E-state index contributed by atoms with van der Waals surface area (Å²) >= 11 is 6.28. The first-order chi connectivity index (χ1) is 9.66. The average molecular weight is 292 g/mol. The normalized spacial score (nSPS) is 16.6. The predicted octanol–water partition coefficient (Wildman–Crippen LogP) is 4.57. The summed E-state index contributed by atoms with van der Waals surface area (Å²) in [6, 6.07) is 5.47. The van der Waals surface area contributed by atoms with Gasteiger partial charge in [-0.2, -0.15) is 0 Å². The zero-order valence-corrected chi connectivity index (χ0v) is 12.1. The van der Waals surface area contributed by atoms with E-state index < -0.39 is 5.97 Å². The van der Waals surface area contributed by atoms with Crippen LogP contribution in [0.25, 0.3) is 10.9 Å². The van der Waals surface area contributed by atoms with E-state index in [1.807, 2.05) is 22.8 Å². The standard InChI is InChI=1S/C16H18ClNO2/c17-14-8-4-7-12-13(16(19)20)10-18(15(12)14)9-11-5-2-1-3-6-11/h4,7-8,10-11H,1-3,5-6,9H2,(H,19,20). The van der Waals surface area contributed by atoms with E-state index in [1.54, 1.807) is 6.20 Å². The highest BCUT2D eigenvalue weighted by atomic mass is 35.5. The predicted molar refractivity (Wildman–Crippen MR) is 80.5 cm³/mol. The second-order valence-electron chi connectivity index (χ2n) is 5.64. The van der Waals surface area contributed by atoms with Gasteiger partial charge < -0.3 is 9.67 Å². The molecule has 0 bridgehead atoms. The number of aromatic carboxylic acids is 1. The van der Waals surface area contributed by atoms with Gasteiger partial charge in [0, 0.05) is 18.1 Å². The van der Waals surface area contributed by atoms with E-state index in [4.69, 9.17) is 11.6 Å². The Morgan fingerprint density at radius 1 is 1.30 bits per heavy atom. The van der Waals surface area contributed by atoms with Crippen LogP contribution in [0.1, 0.15) is 42.5 Å². The third kappa shape index (κ3) is 2.42. The Balaban J connectivity index is 2.03. The summed E-state index contributed by atoms with van der Waals surface area (Å²) in [7, 11) is 0. The number of rotatable bonds is 3. The van der Waals surface area contributed by atoms with Gasteiger partial charge in [-0.15, -0.1) is 0 Å². The molecular weight excluding hydrogens is 274 g/mol. The number of carboxylic acid groups (broad SMARTS) is 1. The molecule has 1 aliphatic carbocycles. The molecular formula is C16H18ClNO2. The van der Waals surface area contributed by atoms with Crippen LogP contribution in [-0.2, 0) is 6.54 Å². The van der Waals surface area contributed by atoms with Gasteiger partial charge in [0.1, 0.15) is 0 Å². The highest BCUT2D eigenvalue weighted by Crippen LogP contribution is 2.31. The van der Waals surface area contributed by atoms with Crippen LogP contribution in [0.5, 0.6) is 0 Å². The molecule has 1 aromatic heterocycles. The molecule has 1 N–H and O–H groups in total. The third-order valence-corrected chi connectivity index (χ3v) is 4.56. The van der Waals surface area contributed by atoms with Crippen molar-refractivity contribution in [1.82, 2.24) is 4.57 Å². The molecule has 0 spiro atoms. The lowest BCUT2D eigenvalue weighted by Gasteiger charge is -2.22. The van der Waals surface area contributed by atoms with Crippen LogP contribution < -0.4 is 0 Å². The molecule has 3 nitrogen and oxygen atoms in total. The molecule has 2 aromatic rings. The minimum Gasteiger partial charge on any atom is -0.478 e. The fourth-order valence-corrected chi connectivity index (χ4v) is 3.56. The minimum atomic E-state index is -0.889. The van der Waals surface area contributed by atoms with Gasteiger partial charge in [0.05, 0.1) is 16.1 Å². The molecule has 0 unspecified atom stereocenters. The molecule has 0 radical (unpaired) electrons. The van der Waals surface area contributed by atoms with Crippen molar-refractivity contribution in [2.45, 2.75) is 38.6 Å². The van der Waals surface area contributed by atoms with E-state index in [1.165, 1.54) is 32.1 Å². The minimum absolute atomic E-state index is 0.346. The van der Waals surface area contributed by atoms with Crippen molar-refractivity contribution < 1.29 is 9.90 Å². The van der Waals surface area contributed by atoms with E-state index in [9.17, 15) is 9.90 Å². The van der Waals surface area contributed by atoms with Gasteiger partial charge in [-0.1, -0.05) is 43.0 Å². The van der Waals surface area contributed by atoms with Crippen molar-refractivity contribution >= 4 is 28.5 Å². The maximum atomic E-state index is 11.4. The van der Waals surface area contributed by atoms with E-state index in [0.29, 0.717) is 16.5 Å². The van der Waals surface area contributed by atoms with Crippen molar-refractivity contribution in [3.05, 3.63) is 35.0 Å². The summed E-state index contributed by atoms with van der Waals surface area (Å²) in [6.45, 7) is 0.869. The van der Waals surface area contributed by atoms with Crippen molar-refractivity contribution in [2.75, 3.05) is 0 Å². The first kappa shape index (κ1) is 13.5. The van der Waals surface area contributed by atoms with E-state index >= 15 is 0 Å². The number of benzene rings is 1. The Hall–Kier alpha value is -1.48. The van der Waals surface area contributed by atoms with Gasteiger partial charge in [-0.25, -0.2) is 4.79 Å². The molecule has 1 fully saturated rings. The van der Waals surface area contributed by atoms with Crippen LogP contribution >= 0.6 is 11.6 Å². The van der Waals surface area contributed by atoms with Crippen LogP contribution in [0.4, 0.5) is 0 Å². The van der Waals surface area contributed by atoms with Gasteiger partial charge in [-0.3, -0.25) is 0 Å². The first-order valence-corrected chi connectivity index (χ1v) is 7.55. The molecule has 0 amide bonds. The Kier molecular flexibility index (Phi) is 3.70. The number of carboxylic acids is 1. The maximum absolute atomic E-state index is 11.4. The second-order valence-corrected chi connectivity index (χ2v) is 6.05. The number of carbonyl (C=O) groups is 1. The van der Waals surface area contributed by atoms with Crippen LogP contribution in [0, 0.1) is 5.92 Å². The lowest BCUT2D eigenvalue weighted by atomic mass is 9.89. The molecule has 1 saturated carbocycles. The summed E-state index contributed by atoms with van der Waals surface area (Å²) in [4.78, 5) is 11.4. The lowest BCUT2D eigenvalue weighted by Crippen LogP contribution is -2.13. The molecule has 1 aliphatic rings. The van der Waals surface area contributed by atoms with Gasteiger partial charge in [0.15, 0.2) is 0 Å². The quantitative estimate of drug-likeness (QED) is 0.900. The number of fused-ring (bicyclic) bond motifs is 1. The zero-order valence-electron chi connectivity index (χ0n) is 11.3. The van der Waals surface area contributed by atoms with Gasteiger partial charge in [0.25, 0.3) is 0 Å². The van der Waals surface area contributed by atoms with Crippen LogP contribution in [0.3, 0.4) is 0 Å². The van der Waals surface area contributed by atoms with Crippen LogP contribution in [0.2, 0.25) is 5.02 Å². The SMILES string of the molecule is O=C(O)c1cn(CC2CCCCC2)c2c(Cl)cccc12. The fraction of sp³-hybridized carbons (Fsp3) is 0.438. The fourth-order valence-electron chi connectivity index (χ4n) is 3.28. The highest BCUT2D eigenvalue weighted by Gasteiger charge is 2.19. The largest absolute Gasteiger partial charge is 0.478 e. The van der Waals surface area contributed by atoms with Gasteiger partial charge >= 0.3 is 5.97 Å². The van der Waals surface area contributed by atoms with Crippen molar-refractivity contribution in [1.29, 1.82) is 0 Å². The Bertz CT molecular complexity index is 641. The number of halogens is 1. The van der Waals surface area contributed by atoms with Gasteiger partial charge in [-0.05, 0) is 24.8 Å². The average Bonchev–Trinajstić information content (AvgIpc) is 2.80. The van der Waals surface area contributed by atoms with Crippen LogP contribution in [0.15, 0.2) is 24.4 Å². The maximum Gasteiger partial charge on any atom is 0.337 e. The number of para-hydroxylation sites is 1. The van der Waals surface area contributed by atoms with Crippen molar-refractivity contribution in [3.8, 4) is 0 Å². The van der Waals surface area contributed by atoms with E-state index in [-0.39, 0.29) is 0 Å². The summed E-state index contributed by atoms with van der Waals surface area (Å²) < 4.78 is 2.04. The Morgan fingerprint density at radius 2 is 2.05 bits per heavy atom. The highest BCUT2D eigenvalue weighted by molar-refractivity contribution is 6.35. The number of hydrogen-bond donors (Lipinski definition) is 1. The van der Waals surface area contributed by atoms with E-state index in [2.05, 4.69) is 0 Å². The van der Waals surface area contributed by atoms with Crippen LogP contribution in [-0.4, -0.2) is 15.6 Å². The van der Waals surface area contributed by atoms with Crippen molar-refractivity contribution in [3.63, 3.8) is 0 Å². The Labute approximate surface area is 123 Å². The summed E-state index contributed by atoms with van der Waals surface area (Å²) in [5.41, 5.74) is 1.20.